The molecule has 0 bridgehead atoms. The molecule has 144 valence electrons. The van der Waals surface area contributed by atoms with Crippen LogP contribution >= 0.6 is 11.6 Å². The van der Waals surface area contributed by atoms with E-state index < -0.39 is 10.0 Å². The number of benzene rings is 1. The number of nitrogens with zero attached hydrogens (tertiary/aromatic N) is 1. The second-order valence-corrected chi connectivity index (χ2v) is 11.1. The Morgan fingerprint density at radius 3 is 1.84 bits per heavy atom. The maximum absolute atomic E-state index is 13.1. The van der Waals surface area contributed by atoms with Crippen LogP contribution in [0.15, 0.2) is 29.2 Å². The van der Waals surface area contributed by atoms with Crippen molar-refractivity contribution < 1.29 is 13.2 Å². The molecule has 0 unspecified atom stereocenters. The molecule has 0 radical (unpaired) electrons. The molecule has 6 heteroatoms. The van der Waals surface area contributed by atoms with E-state index in [1.54, 1.807) is 28.6 Å². The Morgan fingerprint density at radius 2 is 1.44 bits per heavy atom. The van der Waals surface area contributed by atoms with Crippen molar-refractivity contribution in [2.45, 2.75) is 52.9 Å². The molecule has 0 amide bonds. The number of halogens is 1. The van der Waals surface area contributed by atoms with Crippen LogP contribution in [0.1, 0.15) is 48.0 Å². The summed E-state index contributed by atoms with van der Waals surface area (Å²) in [5, 5.41) is 0. The normalized spacial score (nSPS) is 13.3. The van der Waals surface area contributed by atoms with Gasteiger partial charge in [-0.1, -0.05) is 41.5 Å². The van der Waals surface area contributed by atoms with E-state index in [4.69, 9.17) is 16.3 Å². The van der Waals surface area contributed by atoms with Crippen molar-refractivity contribution >= 4 is 21.6 Å². The van der Waals surface area contributed by atoms with E-state index in [0.717, 1.165) is 6.42 Å². The molecule has 0 aromatic heterocycles. The van der Waals surface area contributed by atoms with E-state index in [1.807, 2.05) is 41.5 Å². The summed E-state index contributed by atoms with van der Waals surface area (Å²) in [5.74, 6) is 1.20. The fourth-order valence-electron chi connectivity index (χ4n) is 2.39. The van der Waals surface area contributed by atoms with Gasteiger partial charge in [-0.25, -0.2) is 8.42 Å². The van der Waals surface area contributed by atoms with Crippen LogP contribution in [0.25, 0.3) is 0 Å². The van der Waals surface area contributed by atoms with Crippen LogP contribution in [0.2, 0.25) is 0 Å². The molecule has 0 aliphatic carbocycles. The van der Waals surface area contributed by atoms with E-state index in [0.29, 0.717) is 36.2 Å². The fourth-order valence-corrected chi connectivity index (χ4v) is 4.39. The molecule has 1 aromatic rings. The van der Waals surface area contributed by atoms with E-state index in [2.05, 4.69) is 0 Å². The van der Waals surface area contributed by atoms with Gasteiger partial charge in [-0.05, 0) is 41.5 Å². The smallest absolute Gasteiger partial charge is 0.243 e. The third kappa shape index (κ3) is 7.97. The first-order chi connectivity index (χ1) is 11.3. The number of ether oxygens (including phenoxy) is 1. The highest BCUT2D eigenvalue weighted by Crippen LogP contribution is 2.27. The van der Waals surface area contributed by atoms with Gasteiger partial charge in [0.15, 0.2) is 0 Å². The summed E-state index contributed by atoms with van der Waals surface area (Å²) in [7, 11) is -3.55. The minimum Gasteiger partial charge on any atom is -0.494 e. The molecule has 1 aromatic carbocycles. The van der Waals surface area contributed by atoms with Gasteiger partial charge in [0.05, 0.1) is 11.5 Å². The monoisotopic (exact) mass is 389 g/mol. The molecule has 0 N–H and O–H groups in total. The molecule has 1 rings (SSSR count). The summed E-state index contributed by atoms with van der Waals surface area (Å²) < 4.78 is 33.4. The molecular weight excluding hydrogens is 358 g/mol. The summed E-state index contributed by atoms with van der Waals surface area (Å²) in [6, 6.07) is 6.63. The zero-order chi connectivity index (χ0) is 19.3. The lowest BCUT2D eigenvalue weighted by molar-refractivity contribution is 0.222. The predicted molar refractivity (Wildman–Crippen MR) is 105 cm³/mol. The summed E-state index contributed by atoms with van der Waals surface area (Å²) in [4.78, 5) is 0.297. The average Bonchev–Trinajstić information content (AvgIpc) is 2.44. The molecule has 0 spiro atoms. The zero-order valence-corrected chi connectivity index (χ0v) is 17.9. The van der Waals surface area contributed by atoms with Gasteiger partial charge in [0.2, 0.25) is 10.0 Å². The Bertz CT molecular complexity index is 612. The van der Waals surface area contributed by atoms with Crippen LogP contribution in [0.4, 0.5) is 0 Å². The minimum atomic E-state index is -3.55. The lowest BCUT2D eigenvalue weighted by Crippen LogP contribution is -2.42. The van der Waals surface area contributed by atoms with Crippen LogP contribution < -0.4 is 4.74 Å². The molecule has 0 heterocycles. The standard InChI is InChI=1S/C19H32ClNO3S/c1-18(2,3)14-21(15-19(4,5)6)25(22,23)17-10-8-16(9-11-17)24-13-7-12-20/h8-11H,7,12-15H2,1-6H3. The molecule has 4 nitrogen and oxygen atoms in total. The van der Waals surface area contributed by atoms with Crippen LogP contribution in [-0.2, 0) is 10.0 Å². The zero-order valence-electron chi connectivity index (χ0n) is 16.3. The topological polar surface area (TPSA) is 46.6 Å². The lowest BCUT2D eigenvalue weighted by atomic mass is 9.94. The highest BCUT2D eigenvalue weighted by Gasteiger charge is 2.31. The van der Waals surface area contributed by atoms with Crippen molar-refractivity contribution in [2.24, 2.45) is 10.8 Å². The first-order valence-electron chi connectivity index (χ1n) is 8.64. The molecule has 25 heavy (non-hydrogen) atoms. The third-order valence-electron chi connectivity index (χ3n) is 3.31. The quantitative estimate of drug-likeness (QED) is 0.475. The van der Waals surface area contributed by atoms with Crippen molar-refractivity contribution in [1.29, 1.82) is 0 Å². The van der Waals surface area contributed by atoms with Crippen molar-refractivity contribution in [1.82, 2.24) is 4.31 Å². The first-order valence-corrected chi connectivity index (χ1v) is 10.6. The SMILES string of the molecule is CC(C)(C)CN(CC(C)(C)C)S(=O)(=O)c1ccc(OCCCCl)cc1. The number of rotatable bonds is 8. The van der Waals surface area contributed by atoms with Gasteiger partial charge in [-0.3, -0.25) is 0 Å². The Kier molecular flexibility index (Phi) is 7.78. The maximum atomic E-state index is 13.1. The molecule has 0 aliphatic heterocycles. The molecule has 0 saturated carbocycles. The second kappa shape index (κ2) is 8.74. The maximum Gasteiger partial charge on any atom is 0.243 e. The highest BCUT2D eigenvalue weighted by atomic mass is 35.5. The van der Waals surface area contributed by atoms with Gasteiger partial charge in [0.25, 0.3) is 0 Å². The Morgan fingerprint density at radius 1 is 0.960 bits per heavy atom. The van der Waals surface area contributed by atoms with Crippen LogP contribution in [0, 0.1) is 10.8 Å². The number of sulfonamides is 1. The molecule has 0 fully saturated rings. The summed E-state index contributed by atoms with van der Waals surface area (Å²) in [5.41, 5.74) is -0.244. The van der Waals surface area contributed by atoms with Crippen molar-refractivity contribution in [2.75, 3.05) is 25.6 Å². The summed E-state index contributed by atoms with van der Waals surface area (Å²) in [6.45, 7) is 13.8. The third-order valence-corrected chi connectivity index (χ3v) is 5.38. The minimum absolute atomic E-state index is 0.122. The van der Waals surface area contributed by atoms with Gasteiger partial charge < -0.3 is 4.74 Å². The lowest BCUT2D eigenvalue weighted by Gasteiger charge is -2.33. The Hall–Kier alpha value is -0.780. The van der Waals surface area contributed by atoms with E-state index >= 15 is 0 Å². The Balaban J connectivity index is 3.03. The van der Waals surface area contributed by atoms with Crippen molar-refractivity contribution in [3.8, 4) is 5.75 Å². The average molecular weight is 390 g/mol. The van der Waals surface area contributed by atoms with Crippen LogP contribution in [0.3, 0.4) is 0 Å². The van der Waals surface area contributed by atoms with Crippen molar-refractivity contribution in [3.63, 3.8) is 0 Å². The first kappa shape index (κ1) is 22.3. The van der Waals surface area contributed by atoms with Gasteiger partial charge in [-0.15, -0.1) is 11.6 Å². The van der Waals surface area contributed by atoms with E-state index in [1.165, 1.54) is 0 Å². The molecule has 0 aliphatic rings. The van der Waals surface area contributed by atoms with Crippen LogP contribution in [-0.4, -0.2) is 38.3 Å². The van der Waals surface area contributed by atoms with Crippen LogP contribution in [0.5, 0.6) is 5.75 Å². The number of hydrogen-bond donors (Lipinski definition) is 0. The fraction of sp³-hybridized carbons (Fsp3) is 0.684. The second-order valence-electron chi connectivity index (χ2n) is 8.76. The summed E-state index contributed by atoms with van der Waals surface area (Å²) >= 11 is 5.63. The number of hydrogen-bond acceptors (Lipinski definition) is 3. The predicted octanol–water partition coefficient (Wildman–Crippen LogP) is 4.78. The van der Waals surface area contributed by atoms with Gasteiger partial charge in [0, 0.05) is 19.0 Å². The molecular formula is C19H32ClNO3S. The summed E-state index contributed by atoms with van der Waals surface area (Å²) in [6.07, 6.45) is 0.756. The van der Waals surface area contributed by atoms with E-state index in [-0.39, 0.29) is 10.8 Å². The van der Waals surface area contributed by atoms with Crippen molar-refractivity contribution in [3.05, 3.63) is 24.3 Å². The Labute approximate surface area is 158 Å². The van der Waals surface area contributed by atoms with Gasteiger partial charge in [0.1, 0.15) is 5.75 Å². The van der Waals surface area contributed by atoms with E-state index in [9.17, 15) is 8.42 Å². The molecule has 0 atom stereocenters. The van der Waals surface area contributed by atoms with Gasteiger partial charge in [-0.2, -0.15) is 4.31 Å². The van der Waals surface area contributed by atoms with Gasteiger partial charge >= 0.3 is 0 Å². The number of alkyl halides is 1. The molecule has 0 saturated heterocycles. The largest absolute Gasteiger partial charge is 0.494 e. The highest BCUT2D eigenvalue weighted by molar-refractivity contribution is 7.89.